The first-order chi connectivity index (χ1) is 10.0. The predicted octanol–water partition coefficient (Wildman–Crippen LogP) is 2.86. The summed E-state index contributed by atoms with van der Waals surface area (Å²) < 4.78 is 5.03. The van der Waals surface area contributed by atoms with Gasteiger partial charge in [0.2, 0.25) is 0 Å². The molecule has 0 aromatic carbocycles. The van der Waals surface area contributed by atoms with Crippen molar-refractivity contribution in [2.45, 2.75) is 26.5 Å². The number of aryl methyl sites for hydroxylation is 1. The Bertz CT molecular complexity index is 622. The van der Waals surface area contributed by atoms with Gasteiger partial charge in [-0.2, -0.15) is 9.98 Å². The van der Waals surface area contributed by atoms with Gasteiger partial charge in [-0.1, -0.05) is 0 Å². The van der Waals surface area contributed by atoms with Crippen LogP contribution in [0.25, 0.3) is 0 Å². The molecular weight excluding hydrogens is 310 g/mol. The zero-order valence-corrected chi connectivity index (χ0v) is 13.6. The van der Waals surface area contributed by atoms with E-state index < -0.39 is 17.9 Å². The molecule has 1 atom stereocenters. The van der Waals surface area contributed by atoms with Crippen molar-refractivity contribution >= 4 is 45.9 Å². The highest BCUT2D eigenvalue weighted by molar-refractivity contribution is 8.13. The fourth-order valence-electron chi connectivity index (χ4n) is 1.81. The molecule has 2 rings (SSSR count). The zero-order valence-electron chi connectivity index (χ0n) is 12.0. The van der Waals surface area contributed by atoms with Crippen LogP contribution in [0, 0.1) is 12.8 Å². The van der Waals surface area contributed by atoms with Gasteiger partial charge in [0.05, 0.1) is 22.4 Å². The second-order valence-electron chi connectivity index (χ2n) is 4.32. The summed E-state index contributed by atoms with van der Waals surface area (Å²) in [5.41, 5.74) is 1.32. The van der Waals surface area contributed by atoms with Crippen molar-refractivity contribution in [3.05, 3.63) is 16.1 Å². The molecule has 21 heavy (non-hydrogen) atoms. The number of ether oxygens (including phenoxy) is 1. The minimum absolute atomic E-state index is 0.278. The number of rotatable bonds is 4. The summed E-state index contributed by atoms with van der Waals surface area (Å²) in [6.07, 6.45) is 0. The Labute approximate surface area is 130 Å². The topological polar surface area (TPSA) is 81.0 Å². The Hall–Kier alpha value is -1.54. The lowest BCUT2D eigenvalue weighted by atomic mass is 10.1. The molecular formula is C13H15N3O3S2. The molecule has 1 aliphatic rings. The Balaban J connectivity index is 2.13. The van der Waals surface area contributed by atoms with Gasteiger partial charge in [0.1, 0.15) is 5.92 Å². The minimum atomic E-state index is -0.688. The van der Waals surface area contributed by atoms with E-state index in [9.17, 15) is 9.59 Å². The van der Waals surface area contributed by atoms with Crippen LogP contribution in [0.15, 0.2) is 15.4 Å². The molecule has 1 aromatic rings. The monoisotopic (exact) mass is 325 g/mol. The van der Waals surface area contributed by atoms with Crippen molar-refractivity contribution in [2.75, 3.05) is 6.61 Å². The maximum Gasteiger partial charge on any atom is 0.367 e. The number of hydrogen-bond acceptors (Lipinski definition) is 6. The van der Waals surface area contributed by atoms with E-state index in [2.05, 4.69) is 15.0 Å². The van der Waals surface area contributed by atoms with Crippen LogP contribution in [0.1, 0.15) is 24.5 Å². The largest absolute Gasteiger partial charge is 0.465 e. The standard InChI is InChI=1S/C13H15N3O3S2/c1-4-19-12(17)10-7(2)14-13(18)16-11(10)21-6-9-5-20-8(3)15-9/h5,10H,4,6H2,1-3H3. The van der Waals surface area contributed by atoms with Crippen molar-refractivity contribution in [3.8, 4) is 0 Å². The first-order valence-electron chi connectivity index (χ1n) is 6.39. The van der Waals surface area contributed by atoms with Gasteiger partial charge in [0.15, 0.2) is 0 Å². The summed E-state index contributed by atoms with van der Waals surface area (Å²) in [6, 6.07) is -0.579. The van der Waals surface area contributed by atoms with Gasteiger partial charge < -0.3 is 4.74 Å². The number of thiazole rings is 1. The molecule has 0 saturated carbocycles. The number of urea groups is 1. The Morgan fingerprint density at radius 3 is 2.81 bits per heavy atom. The third kappa shape index (κ3) is 3.98. The number of nitrogens with zero attached hydrogens (tertiary/aromatic N) is 3. The Kier molecular flexibility index (Phi) is 5.24. The second-order valence-corrected chi connectivity index (χ2v) is 6.38. The lowest BCUT2D eigenvalue weighted by Gasteiger charge is -2.19. The molecule has 0 aliphatic carbocycles. The second kappa shape index (κ2) is 6.95. The fourth-order valence-corrected chi connectivity index (χ4v) is 3.55. The van der Waals surface area contributed by atoms with Crippen molar-refractivity contribution in [3.63, 3.8) is 0 Å². The highest BCUT2D eigenvalue weighted by Gasteiger charge is 2.33. The molecule has 1 unspecified atom stereocenters. The van der Waals surface area contributed by atoms with Gasteiger partial charge in [0.25, 0.3) is 0 Å². The SMILES string of the molecule is CCOC(=O)C1C(C)=NC(=O)N=C1SCc1csc(C)n1. The number of aromatic nitrogens is 1. The van der Waals surface area contributed by atoms with E-state index >= 15 is 0 Å². The van der Waals surface area contributed by atoms with Gasteiger partial charge in [-0.05, 0) is 20.8 Å². The van der Waals surface area contributed by atoms with E-state index in [4.69, 9.17) is 4.74 Å². The number of carbonyl (C=O) groups is 2. The lowest BCUT2D eigenvalue weighted by molar-refractivity contribution is -0.143. The third-order valence-corrected chi connectivity index (χ3v) is 4.58. The number of aliphatic imine (C=N–C) groups is 2. The molecule has 0 spiro atoms. The molecule has 2 amide bonds. The summed E-state index contributed by atoms with van der Waals surface area (Å²) in [5.74, 6) is -0.557. The molecule has 0 saturated heterocycles. The summed E-state index contributed by atoms with van der Waals surface area (Å²) in [6.45, 7) is 5.58. The normalized spacial score (nSPS) is 18.2. The van der Waals surface area contributed by atoms with E-state index in [-0.39, 0.29) is 6.61 Å². The van der Waals surface area contributed by atoms with E-state index in [0.717, 1.165) is 10.7 Å². The molecule has 6 nitrogen and oxygen atoms in total. The number of carbonyl (C=O) groups excluding carboxylic acids is 2. The molecule has 2 heterocycles. The van der Waals surface area contributed by atoms with Crippen LogP contribution in [0.2, 0.25) is 0 Å². The summed E-state index contributed by atoms with van der Waals surface area (Å²) in [7, 11) is 0. The minimum Gasteiger partial charge on any atom is -0.465 e. The van der Waals surface area contributed by atoms with E-state index in [1.54, 1.807) is 25.2 Å². The van der Waals surface area contributed by atoms with Crippen LogP contribution in [0.4, 0.5) is 4.79 Å². The number of esters is 1. The van der Waals surface area contributed by atoms with Gasteiger partial charge in [-0.3, -0.25) is 4.79 Å². The molecule has 0 bridgehead atoms. The molecule has 8 heteroatoms. The van der Waals surface area contributed by atoms with Gasteiger partial charge in [-0.15, -0.1) is 23.1 Å². The van der Waals surface area contributed by atoms with Crippen molar-refractivity contribution in [2.24, 2.45) is 15.9 Å². The maximum absolute atomic E-state index is 12.0. The van der Waals surface area contributed by atoms with Crippen LogP contribution in [0.5, 0.6) is 0 Å². The number of thioether (sulfide) groups is 1. The lowest BCUT2D eigenvalue weighted by Crippen LogP contribution is -2.34. The summed E-state index contributed by atoms with van der Waals surface area (Å²) in [5, 5.41) is 3.36. The Morgan fingerprint density at radius 2 is 2.19 bits per heavy atom. The quantitative estimate of drug-likeness (QED) is 0.795. The predicted molar refractivity (Wildman–Crippen MR) is 84.2 cm³/mol. The van der Waals surface area contributed by atoms with E-state index in [1.165, 1.54) is 11.8 Å². The van der Waals surface area contributed by atoms with Crippen LogP contribution in [0.3, 0.4) is 0 Å². The molecule has 0 fully saturated rings. The average Bonchev–Trinajstić information content (AvgIpc) is 2.81. The first kappa shape index (κ1) is 15.8. The summed E-state index contributed by atoms with van der Waals surface area (Å²) in [4.78, 5) is 35.4. The zero-order chi connectivity index (χ0) is 15.4. The molecule has 112 valence electrons. The maximum atomic E-state index is 12.0. The van der Waals surface area contributed by atoms with Crippen LogP contribution < -0.4 is 0 Å². The van der Waals surface area contributed by atoms with Crippen molar-refractivity contribution in [1.29, 1.82) is 0 Å². The smallest absolute Gasteiger partial charge is 0.367 e. The van der Waals surface area contributed by atoms with Crippen LogP contribution in [-0.4, -0.2) is 34.3 Å². The number of amides is 2. The fraction of sp³-hybridized carbons (Fsp3) is 0.462. The van der Waals surface area contributed by atoms with Crippen LogP contribution in [-0.2, 0) is 15.3 Å². The average molecular weight is 325 g/mol. The Morgan fingerprint density at radius 1 is 1.43 bits per heavy atom. The first-order valence-corrected chi connectivity index (χ1v) is 8.26. The van der Waals surface area contributed by atoms with Gasteiger partial charge in [-0.25, -0.2) is 9.78 Å². The highest BCUT2D eigenvalue weighted by atomic mass is 32.2. The summed E-state index contributed by atoms with van der Waals surface area (Å²) >= 11 is 2.89. The van der Waals surface area contributed by atoms with E-state index in [0.29, 0.717) is 16.5 Å². The van der Waals surface area contributed by atoms with Crippen molar-refractivity contribution in [1.82, 2.24) is 4.98 Å². The van der Waals surface area contributed by atoms with E-state index in [1.807, 2.05) is 12.3 Å². The molecule has 0 N–H and O–H groups in total. The molecule has 1 aromatic heterocycles. The molecule has 1 aliphatic heterocycles. The van der Waals surface area contributed by atoms with Gasteiger partial charge in [0, 0.05) is 16.8 Å². The van der Waals surface area contributed by atoms with Gasteiger partial charge >= 0.3 is 12.0 Å². The highest BCUT2D eigenvalue weighted by Crippen LogP contribution is 2.25. The van der Waals surface area contributed by atoms with Crippen molar-refractivity contribution < 1.29 is 14.3 Å². The van der Waals surface area contributed by atoms with Crippen LogP contribution >= 0.6 is 23.1 Å². The number of hydrogen-bond donors (Lipinski definition) is 0. The third-order valence-electron chi connectivity index (χ3n) is 2.70. The molecule has 0 radical (unpaired) electrons.